The van der Waals surface area contributed by atoms with Gasteiger partial charge in [0.1, 0.15) is 0 Å². The van der Waals surface area contributed by atoms with Crippen molar-refractivity contribution in [2.45, 2.75) is 18.7 Å². The van der Waals surface area contributed by atoms with Crippen LogP contribution in [0, 0.1) is 13.8 Å². The summed E-state index contributed by atoms with van der Waals surface area (Å²) in [6.07, 6.45) is 1.08. The summed E-state index contributed by atoms with van der Waals surface area (Å²) in [5, 5.41) is 4.28. The molecule has 3 aromatic rings. The van der Waals surface area contributed by atoms with E-state index in [2.05, 4.69) is 10.3 Å². The van der Waals surface area contributed by atoms with E-state index in [1.54, 1.807) is 29.5 Å². The fraction of sp³-hybridized carbons (Fsp3) is 0.158. The highest BCUT2D eigenvalue weighted by Gasteiger charge is 2.17. The first kappa shape index (κ1) is 20.8. The number of nitrogens with one attached hydrogen (secondary N) is 1. The second kappa shape index (κ2) is 7.83. The minimum absolute atomic E-state index is 0.0530. The fourth-order valence-electron chi connectivity index (χ4n) is 2.67. The summed E-state index contributed by atoms with van der Waals surface area (Å²) < 4.78 is 23.2. The molecule has 0 saturated carbocycles. The molecule has 1 amide bonds. The van der Waals surface area contributed by atoms with Gasteiger partial charge >= 0.3 is 0 Å². The predicted octanol–water partition coefficient (Wildman–Crippen LogP) is 5.39. The van der Waals surface area contributed by atoms with E-state index in [4.69, 9.17) is 23.2 Å². The lowest BCUT2D eigenvalue weighted by molar-refractivity contribution is 0.102. The van der Waals surface area contributed by atoms with Gasteiger partial charge in [0, 0.05) is 22.4 Å². The van der Waals surface area contributed by atoms with Crippen LogP contribution in [0.4, 0.5) is 5.69 Å². The zero-order chi connectivity index (χ0) is 20.6. The molecule has 1 N–H and O–H groups in total. The van der Waals surface area contributed by atoms with Crippen LogP contribution >= 0.6 is 34.5 Å². The van der Waals surface area contributed by atoms with E-state index in [-0.39, 0.29) is 15.5 Å². The van der Waals surface area contributed by atoms with Crippen LogP contribution < -0.4 is 5.32 Å². The van der Waals surface area contributed by atoms with Crippen molar-refractivity contribution >= 4 is 56.0 Å². The largest absolute Gasteiger partial charge is 0.322 e. The highest BCUT2D eigenvalue weighted by Crippen LogP contribution is 2.34. The maximum absolute atomic E-state index is 12.6. The average Bonchev–Trinajstić information content (AvgIpc) is 2.93. The van der Waals surface area contributed by atoms with E-state index >= 15 is 0 Å². The topological polar surface area (TPSA) is 76.1 Å². The number of sulfone groups is 1. The second-order valence-electron chi connectivity index (χ2n) is 6.20. The van der Waals surface area contributed by atoms with E-state index in [1.165, 1.54) is 18.2 Å². The number of carbonyl (C=O) groups is 1. The van der Waals surface area contributed by atoms with Gasteiger partial charge in [0.25, 0.3) is 5.91 Å². The Morgan fingerprint density at radius 1 is 1.07 bits per heavy atom. The van der Waals surface area contributed by atoms with Crippen molar-refractivity contribution in [3.63, 3.8) is 0 Å². The van der Waals surface area contributed by atoms with E-state index in [1.807, 2.05) is 13.8 Å². The highest BCUT2D eigenvalue weighted by atomic mass is 35.5. The van der Waals surface area contributed by atoms with Crippen molar-refractivity contribution in [3.05, 3.63) is 61.9 Å². The van der Waals surface area contributed by atoms with Crippen LogP contribution in [0.2, 0.25) is 10.0 Å². The first-order valence-corrected chi connectivity index (χ1v) is 11.6. The molecule has 5 nitrogen and oxygen atoms in total. The van der Waals surface area contributed by atoms with Crippen LogP contribution in [0.15, 0.2) is 41.3 Å². The highest BCUT2D eigenvalue weighted by molar-refractivity contribution is 7.90. The Morgan fingerprint density at radius 2 is 1.79 bits per heavy atom. The average molecular weight is 455 g/mol. The molecule has 0 aliphatic carbocycles. The summed E-state index contributed by atoms with van der Waals surface area (Å²) in [6, 6.07) is 9.12. The van der Waals surface area contributed by atoms with Crippen molar-refractivity contribution in [2.75, 3.05) is 11.6 Å². The van der Waals surface area contributed by atoms with Gasteiger partial charge in [0.2, 0.25) is 0 Å². The predicted molar refractivity (Wildman–Crippen MR) is 115 cm³/mol. The number of aromatic nitrogens is 1. The van der Waals surface area contributed by atoms with Gasteiger partial charge < -0.3 is 5.32 Å². The molecule has 1 heterocycles. The monoisotopic (exact) mass is 454 g/mol. The van der Waals surface area contributed by atoms with E-state index in [9.17, 15) is 13.2 Å². The van der Waals surface area contributed by atoms with Crippen LogP contribution in [-0.4, -0.2) is 25.6 Å². The second-order valence-corrected chi connectivity index (χ2v) is 10.4. The molecular weight excluding hydrogens is 439 g/mol. The van der Waals surface area contributed by atoms with Crippen molar-refractivity contribution in [2.24, 2.45) is 0 Å². The Morgan fingerprint density at radius 3 is 2.36 bits per heavy atom. The zero-order valence-corrected chi connectivity index (χ0v) is 18.4. The van der Waals surface area contributed by atoms with Crippen LogP contribution in [0.1, 0.15) is 20.2 Å². The molecule has 0 fully saturated rings. The van der Waals surface area contributed by atoms with Gasteiger partial charge in [0.15, 0.2) is 9.84 Å². The Labute approximate surface area is 177 Å². The molecule has 2 aromatic carbocycles. The molecule has 0 saturated heterocycles. The van der Waals surface area contributed by atoms with Gasteiger partial charge in [-0.2, -0.15) is 0 Å². The lowest BCUT2D eigenvalue weighted by atomic mass is 10.1. The van der Waals surface area contributed by atoms with Gasteiger partial charge in [0.05, 0.1) is 31.2 Å². The summed E-state index contributed by atoms with van der Waals surface area (Å²) >= 11 is 14.0. The van der Waals surface area contributed by atoms with Gasteiger partial charge in [-0.15, -0.1) is 11.3 Å². The minimum atomic E-state index is -3.41. The summed E-state index contributed by atoms with van der Waals surface area (Å²) in [7, 11) is -3.41. The number of anilines is 1. The fourth-order valence-corrected chi connectivity index (χ4v) is 4.69. The molecule has 0 aliphatic heterocycles. The molecule has 0 spiro atoms. The molecule has 28 heavy (non-hydrogen) atoms. The number of nitrogens with zero attached hydrogens (tertiary/aromatic N) is 1. The van der Waals surface area contributed by atoms with Crippen LogP contribution in [0.25, 0.3) is 11.3 Å². The maximum atomic E-state index is 12.6. The lowest BCUT2D eigenvalue weighted by Crippen LogP contribution is -2.13. The Balaban J connectivity index is 1.91. The van der Waals surface area contributed by atoms with Crippen molar-refractivity contribution < 1.29 is 13.2 Å². The quantitative estimate of drug-likeness (QED) is 0.573. The number of hydrogen-bond donors (Lipinski definition) is 1. The van der Waals surface area contributed by atoms with Crippen molar-refractivity contribution in [1.82, 2.24) is 4.98 Å². The van der Waals surface area contributed by atoms with Crippen molar-refractivity contribution in [3.8, 4) is 11.3 Å². The summed E-state index contributed by atoms with van der Waals surface area (Å²) in [4.78, 5) is 18.2. The van der Waals surface area contributed by atoms with Gasteiger partial charge in [-0.05, 0) is 50.2 Å². The summed E-state index contributed by atoms with van der Waals surface area (Å²) in [5.74, 6) is -0.454. The molecule has 146 valence electrons. The molecule has 0 radical (unpaired) electrons. The van der Waals surface area contributed by atoms with Gasteiger partial charge in [-0.25, -0.2) is 13.4 Å². The van der Waals surface area contributed by atoms with E-state index in [0.717, 1.165) is 27.4 Å². The SMILES string of the molecule is Cc1nc(-c2cc(NC(=O)c3ccc(S(C)(=O)=O)cc3Cl)ccc2Cl)c(C)s1. The number of aryl methyl sites for hydroxylation is 2. The van der Waals surface area contributed by atoms with Crippen LogP contribution in [-0.2, 0) is 9.84 Å². The molecule has 1 aromatic heterocycles. The molecule has 0 atom stereocenters. The summed E-state index contributed by atoms with van der Waals surface area (Å²) in [5.41, 5.74) is 2.20. The minimum Gasteiger partial charge on any atom is -0.322 e. The third kappa shape index (κ3) is 4.38. The normalized spacial score (nSPS) is 11.5. The smallest absolute Gasteiger partial charge is 0.257 e. The molecule has 0 unspecified atom stereocenters. The first-order chi connectivity index (χ1) is 13.1. The maximum Gasteiger partial charge on any atom is 0.257 e. The summed E-state index contributed by atoms with van der Waals surface area (Å²) in [6.45, 7) is 3.88. The third-order valence-electron chi connectivity index (χ3n) is 4.00. The molecular formula is C19H16Cl2N2O3S2. The van der Waals surface area contributed by atoms with Crippen LogP contribution in [0.3, 0.4) is 0 Å². The number of halogens is 2. The van der Waals surface area contributed by atoms with Crippen LogP contribution in [0.5, 0.6) is 0 Å². The van der Waals surface area contributed by atoms with E-state index in [0.29, 0.717) is 10.7 Å². The van der Waals surface area contributed by atoms with E-state index < -0.39 is 15.7 Å². The molecule has 3 rings (SSSR count). The number of benzene rings is 2. The molecule has 0 aliphatic rings. The van der Waals surface area contributed by atoms with Crippen molar-refractivity contribution in [1.29, 1.82) is 0 Å². The van der Waals surface area contributed by atoms with Gasteiger partial charge in [-0.3, -0.25) is 4.79 Å². The third-order valence-corrected chi connectivity index (χ3v) is 6.63. The standard InChI is InChI=1S/C19H16Cl2N2O3S2/c1-10-18(22-11(2)27-10)15-8-12(4-7-16(15)20)23-19(24)14-6-5-13(9-17(14)21)28(3,25)26/h4-9H,1-3H3,(H,23,24). The number of amides is 1. The Kier molecular flexibility index (Phi) is 5.82. The Hall–Kier alpha value is -1.93. The molecule has 0 bridgehead atoms. The lowest BCUT2D eigenvalue weighted by Gasteiger charge is -2.10. The zero-order valence-electron chi connectivity index (χ0n) is 15.2. The number of hydrogen-bond acceptors (Lipinski definition) is 5. The number of carbonyl (C=O) groups excluding carboxylic acids is 1. The molecule has 9 heteroatoms. The number of rotatable bonds is 4. The number of thiazole rings is 1. The Bertz CT molecular complexity index is 1190. The van der Waals surface area contributed by atoms with Gasteiger partial charge in [-0.1, -0.05) is 23.2 Å². The first-order valence-electron chi connectivity index (χ1n) is 8.11.